The van der Waals surface area contributed by atoms with Crippen LogP contribution in [0.4, 0.5) is 11.4 Å². The number of anilines is 2. The van der Waals surface area contributed by atoms with Crippen LogP contribution in [-0.2, 0) is 16.0 Å². The number of nitrogens with one attached hydrogen (secondary N) is 2. The number of para-hydroxylation sites is 1. The highest BCUT2D eigenvalue weighted by atomic mass is 35.5. The van der Waals surface area contributed by atoms with Gasteiger partial charge in [-0.25, -0.2) is 0 Å². The van der Waals surface area contributed by atoms with Gasteiger partial charge in [0.2, 0.25) is 11.8 Å². The molecule has 0 unspecified atom stereocenters. The highest BCUT2D eigenvalue weighted by Gasteiger charge is 2.21. The number of amides is 3. The van der Waals surface area contributed by atoms with Crippen molar-refractivity contribution in [3.8, 4) is 0 Å². The quantitative estimate of drug-likeness (QED) is 0.768. The number of carbonyl (C=O) groups is 3. The minimum atomic E-state index is -0.393. The second kappa shape index (κ2) is 8.63. The van der Waals surface area contributed by atoms with Crippen molar-refractivity contribution in [3.63, 3.8) is 0 Å². The number of nitrogens with zero attached hydrogens (tertiary/aromatic N) is 1. The highest BCUT2D eigenvalue weighted by molar-refractivity contribution is 6.39. The van der Waals surface area contributed by atoms with Crippen LogP contribution in [0.25, 0.3) is 0 Å². The Labute approximate surface area is 172 Å². The Kier molecular flexibility index (Phi) is 6.21. The summed E-state index contributed by atoms with van der Waals surface area (Å²) in [5.41, 5.74) is 2.43. The van der Waals surface area contributed by atoms with E-state index in [9.17, 15) is 14.4 Å². The van der Waals surface area contributed by atoms with Crippen LogP contribution in [0.2, 0.25) is 10.0 Å². The maximum Gasteiger partial charge on any atom is 0.254 e. The molecule has 0 saturated heterocycles. The van der Waals surface area contributed by atoms with Crippen molar-refractivity contribution in [1.29, 1.82) is 0 Å². The van der Waals surface area contributed by atoms with E-state index >= 15 is 0 Å². The second-order valence-corrected chi connectivity index (χ2v) is 7.20. The van der Waals surface area contributed by atoms with Crippen molar-refractivity contribution in [3.05, 3.63) is 57.6 Å². The number of aryl methyl sites for hydroxylation is 1. The van der Waals surface area contributed by atoms with E-state index in [-0.39, 0.29) is 18.4 Å². The van der Waals surface area contributed by atoms with Gasteiger partial charge in [0.25, 0.3) is 5.91 Å². The molecular formula is C20H19Cl2N3O3. The van der Waals surface area contributed by atoms with Crippen molar-refractivity contribution in [2.45, 2.75) is 19.8 Å². The topological polar surface area (TPSA) is 78.5 Å². The number of rotatable bonds is 5. The minimum Gasteiger partial charge on any atom is -0.330 e. The largest absolute Gasteiger partial charge is 0.330 e. The molecule has 0 bridgehead atoms. The molecule has 3 amide bonds. The predicted octanol–water partition coefficient (Wildman–Crippen LogP) is 3.98. The lowest BCUT2D eigenvalue weighted by atomic mass is 10.00. The van der Waals surface area contributed by atoms with Crippen LogP contribution in [0.15, 0.2) is 36.4 Å². The number of hydrogen-bond donors (Lipinski definition) is 2. The summed E-state index contributed by atoms with van der Waals surface area (Å²) in [5, 5.41) is 6.10. The summed E-state index contributed by atoms with van der Waals surface area (Å²) >= 11 is 12.1. The molecule has 0 radical (unpaired) electrons. The van der Waals surface area contributed by atoms with Gasteiger partial charge in [-0.3, -0.25) is 14.4 Å². The zero-order valence-electron chi connectivity index (χ0n) is 15.2. The Hall–Kier alpha value is -2.57. The average molecular weight is 420 g/mol. The molecule has 6 nitrogen and oxygen atoms in total. The molecular weight excluding hydrogens is 401 g/mol. The van der Waals surface area contributed by atoms with Gasteiger partial charge in [-0.2, -0.15) is 0 Å². The van der Waals surface area contributed by atoms with Gasteiger partial charge in [-0.15, -0.1) is 0 Å². The molecule has 2 aromatic rings. The Morgan fingerprint density at radius 1 is 1.14 bits per heavy atom. The molecule has 8 heteroatoms. The molecule has 2 aromatic carbocycles. The van der Waals surface area contributed by atoms with Crippen LogP contribution in [0.3, 0.4) is 0 Å². The van der Waals surface area contributed by atoms with Gasteiger partial charge in [0.05, 0.1) is 15.7 Å². The van der Waals surface area contributed by atoms with Crippen molar-refractivity contribution >= 4 is 52.3 Å². The molecule has 0 saturated carbocycles. The SMILES string of the molecule is CCN(CC(=O)Nc1c(Cl)cccc1Cl)C(=O)c1ccc2c(c1)CCC(=O)N2. The maximum absolute atomic E-state index is 12.9. The van der Waals surface area contributed by atoms with Crippen LogP contribution in [0.1, 0.15) is 29.3 Å². The number of hydrogen-bond acceptors (Lipinski definition) is 3. The molecule has 0 spiro atoms. The number of carbonyl (C=O) groups excluding carboxylic acids is 3. The number of fused-ring (bicyclic) bond motifs is 1. The minimum absolute atomic E-state index is 0.0309. The molecule has 0 fully saturated rings. The first-order valence-corrected chi connectivity index (χ1v) is 9.60. The first-order valence-electron chi connectivity index (χ1n) is 8.85. The van der Waals surface area contributed by atoms with Crippen molar-refractivity contribution in [1.82, 2.24) is 4.90 Å². The molecule has 0 aliphatic carbocycles. The number of halogens is 2. The summed E-state index contributed by atoms with van der Waals surface area (Å²) in [4.78, 5) is 38.2. The van der Waals surface area contributed by atoms with Crippen LogP contribution in [0, 0.1) is 0 Å². The van der Waals surface area contributed by atoms with Crippen molar-refractivity contribution in [2.75, 3.05) is 23.7 Å². The van der Waals surface area contributed by atoms with E-state index in [1.54, 1.807) is 43.3 Å². The van der Waals surface area contributed by atoms with Gasteiger partial charge >= 0.3 is 0 Å². The molecule has 3 rings (SSSR count). The number of benzene rings is 2. The van der Waals surface area contributed by atoms with Crippen molar-refractivity contribution in [2.24, 2.45) is 0 Å². The lowest BCUT2D eigenvalue weighted by molar-refractivity contribution is -0.117. The third-order valence-electron chi connectivity index (χ3n) is 4.48. The Bertz CT molecular complexity index is 926. The lowest BCUT2D eigenvalue weighted by Gasteiger charge is -2.22. The Morgan fingerprint density at radius 3 is 2.54 bits per heavy atom. The Morgan fingerprint density at radius 2 is 1.86 bits per heavy atom. The lowest BCUT2D eigenvalue weighted by Crippen LogP contribution is -2.38. The van der Waals surface area contributed by atoms with Gasteiger partial charge in [0, 0.05) is 24.2 Å². The van der Waals surface area contributed by atoms with Gasteiger partial charge in [-0.1, -0.05) is 29.3 Å². The van der Waals surface area contributed by atoms with E-state index in [4.69, 9.17) is 23.2 Å². The first-order chi connectivity index (χ1) is 13.4. The van der Waals surface area contributed by atoms with E-state index in [1.807, 2.05) is 0 Å². The van der Waals surface area contributed by atoms with E-state index in [2.05, 4.69) is 10.6 Å². The zero-order chi connectivity index (χ0) is 20.3. The molecule has 1 aliphatic rings. The van der Waals surface area contributed by atoms with Gasteiger partial charge < -0.3 is 15.5 Å². The molecule has 0 atom stereocenters. The van der Waals surface area contributed by atoms with Gasteiger partial charge in [0.15, 0.2) is 0 Å². The summed E-state index contributed by atoms with van der Waals surface area (Å²) in [7, 11) is 0. The first kappa shape index (κ1) is 20.2. The zero-order valence-corrected chi connectivity index (χ0v) is 16.7. The normalized spacial score (nSPS) is 12.8. The standard InChI is InChI=1S/C20H19Cl2N3O3/c1-2-25(11-18(27)24-19-14(21)4-3-5-15(19)22)20(28)13-6-8-16-12(10-13)7-9-17(26)23-16/h3-6,8,10H,2,7,9,11H2,1H3,(H,23,26)(H,24,27). The second-order valence-electron chi connectivity index (χ2n) is 6.38. The maximum atomic E-state index is 12.9. The predicted molar refractivity (Wildman–Crippen MR) is 110 cm³/mol. The molecule has 2 N–H and O–H groups in total. The van der Waals surface area contributed by atoms with Crippen LogP contribution in [-0.4, -0.2) is 35.7 Å². The highest BCUT2D eigenvalue weighted by Crippen LogP contribution is 2.29. The van der Waals surface area contributed by atoms with E-state index in [0.29, 0.717) is 40.7 Å². The number of likely N-dealkylation sites (N-methyl/N-ethyl adjacent to an activating group) is 1. The molecule has 1 heterocycles. The fraction of sp³-hybridized carbons (Fsp3) is 0.250. The summed E-state index contributed by atoms with van der Waals surface area (Å²) in [6, 6.07) is 10.1. The summed E-state index contributed by atoms with van der Waals surface area (Å²) in [6.07, 6.45) is 0.975. The average Bonchev–Trinajstić information content (AvgIpc) is 2.68. The van der Waals surface area contributed by atoms with Gasteiger partial charge in [0.1, 0.15) is 6.54 Å². The van der Waals surface area contributed by atoms with Gasteiger partial charge in [-0.05, 0) is 49.2 Å². The van der Waals surface area contributed by atoms with E-state index in [0.717, 1.165) is 11.3 Å². The van der Waals surface area contributed by atoms with Crippen LogP contribution >= 0.6 is 23.2 Å². The smallest absolute Gasteiger partial charge is 0.254 e. The molecule has 1 aliphatic heterocycles. The van der Waals surface area contributed by atoms with Crippen molar-refractivity contribution < 1.29 is 14.4 Å². The Balaban J connectivity index is 1.72. The summed E-state index contributed by atoms with van der Waals surface area (Å²) in [5.74, 6) is -0.685. The monoisotopic (exact) mass is 419 g/mol. The summed E-state index contributed by atoms with van der Waals surface area (Å²) < 4.78 is 0. The van der Waals surface area contributed by atoms with E-state index < -0.39 is 5.91 Å². The fourth-order valence-corrected chi connectivity index (χ4v) is 3.49. The molecule has 0 aromatic heterocycles. The van der Waals surface area contributed by atoms with E-state index in [1.165, 1.54) is 4.90 Å². The molecule has 146 valence electrons. The third kappa shape index (κ3) is 4.46. The summed E-state index contributed by atoms with van der Waals surface area (Å²) in [6.45, 7) is 2.02. The fourth-order valence-electron chi connectivity index (χ4n) is 3.00. The third-order valence-corrected chi connectivity index (χ3v) is 5.11. The van der Waals surface area contributed by atoms with Crippen LogP contribution < -0.4 is 10.6 Å². The van der Waals surface area contributed by atoms with Crippen LogP contribution in [0.5, 0.6) is 0 Å². The molecule has 28 heavy (non-hydrogen) atoms.